The molecular weight excluding hydrogens is 322 g/mol. The van der Waals surface area contributed by atoms with Crippen molar-refractivity contribution in [2.45, 2.75) is 52.2 Å². The lowest BCUT2D eigenvalue weighted by atomic mass is 10.1. The minimum absolute atomic E-state index is 0.0229. The molecule has 1 rings (SSSR count). The van der Waals surface area contributed by atoms with Crippen LogP contribution < -0.4 is 4.74 Å². The maximum atomic E-state index is 11.3. The van der Waals surface area contributed by atoms with Crippen molar-refractivity contribution in [1.29, 1.82) is 0 Å². The lowest BCUT2D eigenvalue weighted by Crippen LogP contribution is -2.44. The van der Waals surface area contributed by atoms with Crippen molar-refractivity contribution in [2.75, 3.05) is 19.8 Å². The van der Waals surface area contributed by atoms with E-state index < -0.39 is 11.6 Å². The molecule has 8 nitrogen and oxygen atoms in total. The molecule has 1 heterocycles. The zero-order valence-electron chi connectivity index (χ0n) is 14.0. The van der Waals surface area contributed by atoms with E-state index in [1.165, 1.54) is 0 Å². The van der Waals surface area contributed by atoms with Crippen LogP contribution in [0.1, 0.15) is 39.8 Å². The quantitative estimate of drug-likeness (QED) is 0.508. The van der Waals surface area contributed by atoms with Crippen molar-refractivity contribution in [3.8, 4) is 5.88 Å². The minimum Gasteiger partial charge on any atom is -0.473 e. The third-order valence-electron chi connectivity index (χ3n) is 2.96. The van der Waals surface area contributed by atoms with E-state index in [4.69, 9.17) is 9.47 Å². The first-order chi connectivity index (χ1) is 10.7. The number of hydroxylamine groups is 2. The Hall–Kier alpha value is -1.29. The number of carbonyl (C=O) groups is 1. The molecule has 0 spiro atoms. The van der Waals surface area contributed by atoms with Crippen molar-refractivity contribution in [1.82, 2.24) is 13.8 Å². The molecule has 1 atom stereocenters. The van der Waals surface area contributed by atoms with Crippen LogP contribution in [0.5, 0.6) is 5.88 Å². The van der Waals surface area contributed by atoms with Crippen LogP contribution in [0.25, 0.3) is 0 Å². The first-order valence-corrected chi connectivity index (χ1v) is 8.21. The highest BCUT2D eigenvalue weighted by Gasteiger charge is 2.23. The van der Waals surface area contributed by atoms with Gasteiger partial charge in [-0.1, -0.05) is 0 Å². The summed E-state index contributed by atoms with van der Waals surface area (Å²) in [6.07, 6.45) is -0.305. The molecule has 9 heteroatoms. The number of carbonyl (C=O) groups excluding carboxylic acids is 1. The summed E-state index contributed by atoms with van der Waals surface area (Å²) >= 11 is 0.983. The summed E-state index contributed by atoms with van der Waals surface area (Å²) in [4.78, 5) is 11.3. The normalized spacial score (nSPS) is 13.2. The van der Waals surface area contributed by atoms with Crippen molar-refractivity contribution in [3.05, 3.63) is 5.69 Å². The molecule has 0 saturated heterocycles. The lowest BCUT2D eigenvalue weighted by Gasteiger charge is -2.30. The van der Waals surface area contributed by atoms with Gasteiger partial charge in [-0.25, -0.2) is 0 Å². The van der Waals surface area contributed by atoms with Gasteiger partial charge in [-0.3, -0.25) is 4.79 Å². The predicted octanol–water partition coefficient (Wildman–Crippen LogP) is 1.26. The van der Waals surface area contributed by atoms with Crippen LogP contribution in [0, 0.1) is 0 Å². The SMILES string of the molecule is CCOC(=O)CCc1nsnc1OCC(O)CN(O)C(C)(C)C. The molecule has 132 valence electrons. The van der Waals surface area contributed by atoms with Gasteiger partial charge in [0.05, 0.1) is 31.3 Å². The summed E-state index contributed by atoms with van der Waals surface area (Å²) in [7, 11) is 0. The fourth-order valence-corrected chi connectivity index (χ4v) is 2.16. The van der Waals surface area contributed by atoms with E-state index in [-0.39, 0.29) is 25.5 Å². The van der Waals surface area contributed by atoms with E-state index >= 15 is 0 Å². The van der Waals surface area contributed by atoms with Gasteiger partial charge in [-0.15, -0.1) is 4.37 Å². The predicted molar refractivity (Wildman–Crippen MR) is 84.6 cm³/mol. The van der Waals surface area contributed by atoms with E-state index in [0.29, 0.717) is 24.6 Å². The maximum Gasteiger partial charge on any atom is 0.306 e. The minimum atomic E-state index is -0.876. The maximum absolute atomic E-state index is 11.3. The molecule has 23 heavy (non-hydrogen) atoms. The molecule has 0 bridgehead atoms. The number of hydrogen-bond donors (Lipinski definition) is 2. The molecule has 1 aromatic rings. The second-order valence-electron chi connectivity index (χ2n) is 6.04. The molecule has 0 aliphatic carbocycles. The molecule has 0 amide bonds. The molecule has 0 aliphatic heterocycles. The summed E-state index contributed by atoms with van der Waals surface area (Å²) in [6.45, 7) is 7.62. The Morgan fingerprint density at radius 1 is 1.39 bits per heavy atom. The second kappa shape index (κ2) is 9.11. The largest absolute Gasteiger partial charge is 0.473 e. The van der Waals surface area contributed by atoms with Gasteiger partial charge in [0, 0.05) is 12.0 Å². The van der Waals surface area contributed by atoms with Gasteiger partial charge in [-0.2, -0.15) is 9.44 Å². The highest BCUT2D eigenvalue weighted by molar-refractivity contribution is 6.99. The van der Waals surface area contributed by atoms with Crippen molar-refractivity contribution < 1.29 is 24.6 Å². The molecule has 0 aliphatic rings. The molecular formula is C14H25N3O5S. The molecule has 1 unspecified atom stereocenters. The fourth-order valence-electron chi connectivity index (χ4n) is 1.62. The zero-order chi connectivity index (χ0) is 17.5. The number of esters is 1. The molecule has 0 fully saturated rings. The van der Waals surface area contributed by atoms with E-state index in [1.54, 1.807) is 6.92 Å². The van der Waals surface area contributed by atoms with E-state index in [9.17, 15) is 15.1 Å². The first-order valence-electron chi connectivity index (χ1n) is 7.48. The summed E-state index contributed by atoms with van der Waals surface area (Å²) < 4.78 is 18.4. The zero-order valence-corrected chi connectivity index (χ0v) is 14.8. The average molecular weight is 347 g/mol. The van der Waals surface area contributed by atoms with Crippen LogP contribution in [-0.2, 0) is 16.0 Å². The number of ether oxygens (including phenoxy) is 2. The van der Waals surface area contributed by atoms with E-state index in [2.05, 4.69) is 8.75 Å². The van der Waals surface area contributed by atoms with Gasteiger partial charge in [0.1, 0.15) is 18.4 Å². The van der Waals surface area contributed by atoms with Crippen molar-refractivity contribution in [2.24, 2.45) is 0 Å². The lowest BCUT2D eigenvalue weighted by molar-refractivity contribution is -0.174. The van der Waals surface area contributed by atoms with Crippen LogP contribution in [0.3, 0.4) is 0 Å². The molecule has 0 radical (unpaired) electrons. The van der Waals surface area contributed by atoms with Gasteiger partial charge in [0.2, 0.25) is 5.88 Å². The average Bonchev–Trinajstić information content (AvgIpc) is 2.89. The van der Waals surface area contributed by atoms with E-state index in [0.717, 1.165) is 16.8 Å². The number of aliphatic hydroxyl groups is 1. The van der Waals surface area contributed by atoms with Gasteiger partial charge in [0.25, 0.3) is 0 Å². The van der Waals surface area contributed by atoms with Gasteiger partial charge in [-0.05, 0) is 27.7 Å². The Kier molecular flexibility index (Phi) is 7.83. The number of β-amino-alcohol motifs (C(OH)–C–C–N with tert-alkyl or cyclic N) is 1. The fraction of sp³-hybridized carbons (Fsp3) is 0.786. The molecule has 2 N–H and O–H groups in total. The highest BCUT2D eigenvalue weighted by Crippen LogP contribution is 2.18. The van der Waals surface area contributed by atoms with Crippen molar-refractivity contribution >= 4 is 17.7 Å². The van der Waals surface area contributed by atoms with Crippen LogP contribution in [0.15, 0.2) is 0 Å². The third-order valence-corrected chi connectivity index (χ3v) is 3.51. The van der Waals surface area contributed by atoms with Crippen LogP contribution in [0.2, 0.25) is 0 Å². The number of aliphatic hydroxyl groups excluding tert-OH is 1. The second-order valence-corrected chi connectivity index (χ2v) is 6.57. The standard InChI is InChI=1S/C14H25N3O5S/c1-5-21-12(19)7-6-11-13(16-23-15-11)22-9-10(18)8-17(20)14(2,3)4/h10,18,20H,5-9H2,1-4H3. The van der Waals surface area contributed by atoms with Crippen LogP contribution in [0.4, 0.5) is 0 Å². The van der Waals surface area contributed by atoms with Gasteiger partial charge in [0.15, 0.2) is 0 Å². The number of rotatable bonds is 9. The summed E-state index contributed by atoms with van der Waals surface area (Å²) in [5.74, 6) is 0.00572. The van der Waals surface area contributed by atoms with Gasteiger partial charge >= 0.3 is 5.97 Å². The van der Waals surface area contributed by atoms with Gasteiger partial charge < -0.3 is 19.8 Å². The topological polar surface area (TPSA) is 105 Å². The Morgan fingerprint density at radius 2 is 2.09 bits per heavy atom. The molecule has 0 saturated carbocycles. The van der Waals surface area contributed by atoms with E-state index in [1.807, 2.05) is 20.8 Å². The summed E-state index contributed by atoms with van der Waals surface area (Å²) in [6, 6.07) is 0. The third kappa shape index (κ3) is 7.21. The highest BCUT2D eigenvalue weighted by atomic mass is 32.1. The number of aryl methyl sites for hydroxylation is 1. The van der Waals surface area contributed by atoms with Crippen LogP contribution in [-0.4, -0.2) is 61.5 Å². The van der Waals surface area contributed by atoms with Crippen LogP contribution >= 0.6 is 11.7 Å². The Labute approximate surface area is 140 Å². The Morgan fingerprint density at radius 3 is 2.70 bits per heavy atom. The Bertz CT molecular complexity index is 489. The smallest absolute Gasteiger partial charge is 0.306 e. The molecule has 1 aromatic heterocycles. The number of nitrogens with zero attached hydrogens (tertiary/aromatic N) is 3. The first kappa shape index (κ1) is 19.8. The van der Waals surface area contributed by atoms with Crippen molar-refractivity contribution in [3.63, 3.8) is 0 Å². The molecule has 0 aromatic carbocycles. The summed E-state index contributed by atoms with van der Waals surface area (Å²) in [5, 5.41) is 20.8. The Balaban J connectivity index is 2.43. The monoisotopic (exact) mass is 347 g/mol. The number of hydrogen-bond acceptors (Lipinski definition) is 9. The number of aromatic nitrogens is 2. The summed E-state index contributed by atoms with van der Waals surface area (Å²) in [5.41, 5.74) is 0.0977.